The summed E-state index contributed by atoms with van der Waals surface area (Å²) in [7, 11) is 0. The maximum Gasteiger partial charge on any atom is 0.0575 e. The molecular formula is C24H42O. The minimum atomic E-state index is 0.544. The summed E-state index contributed by atoms with van der Waals surface area (Å²) in [5.74, 6) is 4.81. The van der Waals surface area contributed by atoms with Crippen molar-refractivity contribution < 1.29 is 4.74 Å². The van der Waals surface area contributed by atoms with Crippen LogP contribution in [0.25, 0.3) is 0 Å². The molecule has 0 bridgehead atoms. The average Bonchev–Trinajstić information content (AvgIpc) is 2.68. The van der Waals surface area contributed by atoms with Gasteiger partial charge < -0.3 is 4.74 Å². The summed E-state index contributed by atoms with van der Waals surface area (Å²) >= 11 is 0. The fourth-order valence-corrected chi connectivity index (χ4v) is 5.97. The van der Waals surface area contributed by atoms with Crippen molar-refractivity contribution in [3.63, 3.8) is 0 Å². The molecule has 2 atom stereocenters. The first-order valence-electron chi connectivity index (χ1n) is 11.5. The molecular weight excluding hydrogens is 304 g/mol. The zero-order chi connectivity index (χ0) is 17.5. The lowest BCUT2D eigenvalue weighted by Crippen LogP contribution is -2.27. The molecule has 0 amide bonds. The molecule has 2 saturated carbocycles. The Morgan fingerprint density at radius 1 is 0.760 bits per heavy atom. The van der Waals surface area contributed by atoms with Crippen LogP contribution in [0.3, 0.4) is 0 Å². The topological polar surface area (TPSA) is 9.23 Å². The van der Waals surface area contributed by atoms with E-state index in [0.717, 1.165) is 30.3 Å². The summed E-state index contributed by atoms with van der Waals surface area (Å²) in [5.41, 5.74) is 0. The van der Waals surface area contributed by atoms with E-state index in [1.54, 1.807) is 12.8 Å². The first-order valence-corrected chi connectivity index (χ1v) is 11.5. The molecule has 1 aliphatic heterocycles. The Labute approximate surface area is 157 Å². The van der Waals surface area contributed by atoms with E-state index in [9.17, 15) is 0 Å². The van der Waals surface area contributed by atoms with E-state index < -0.39 is 0 Å². The lowest BCUT2D eigenvalue weighted by Gasteiger charge is -2.38. The number of hydrogen-bond acceptors (Lipinski definition) is 1. The summed E-state index contributed by atoms with van der Waals surface area (Å²) in [6.07, 6.45) is 23.0. The molecule has 144 valence electrons. The van der Waals surface area contributed by atoms with Gasteiger partial charge in [-0.25, -0.2) is 0 Å². The van der Waals surface area contributed by atoms with Gasteiger partial charge in [0, 0.05) is 5.92 Å². The predicted octanol–water partition coefficient (Wildman–Crippen LogP) is 7.16. The van der Waals surface area contributed by atoms with E-state index in [-0.39, 0.29) is 0 Å². The van der Waals surface area contributed by atoms with E-state index in [4.69, 9.17) is 4.74 Å². The van der Waals surface area contributed by atoms with E-state index >= 15 is 0 Å². The van der Waals surface area contributed by atoms with Gasteiger partial charge in [0.05, 0.1) is 12.7 Å². The second kappa shape index (κ2) is 10.1. The Bertz CT molecular complexity index is 366. The molecule has 0 aromatic heterocycles. The van der Waals surface area contributed by atoms with Crippen LogP contribution in [0.1, 0.15) is 96.8 Å². The van der Waals surface area contributed by atoms with Crippen molar-refractivity contribution in [3.8, 4) is 0 Å². The smallest absolute Gasteiger partial charge is 0.0575 e. The Morgan fingerprint density at radius 2 is 1.36 bits per heavy atom. The van der Waals surface area contributed by atoms with Crippen LogP contribution in [0.15, 0.2) is 12.7 Å². The second-order valence-corrected chi connectivity index (χ2v) is 9.46. The van der Waals surface area contributed by atoms with Gasteiger partial charge in [-0.15, -0.1) is 6.58 Å². The number of rotatable bonds is 7. The van der Waals surface area contributed by atoms with Crippen molar-refractivity contribution >= 4 is 0 Å². The Morgan fingerprint density at radius 3 is 1.84 bits per heavy atom. The first kappa shape index (κ1) is 19.5. The molecule has 1 saturated heterocycles. The quantitative estimate of drug-likeness (QED) is 0.444. The van der Waals surface area contributed by atoms with E-state index in [2.05, 4.69) is 19.6 Å². The molecule has 0 aromatic carbocycles. The van der Waals surface area contributed by atoms with Crippen molar-refractivity contribution in [2.45, 2.75) is 103 Å². The molecule has 3 aliphatic rings. The predicted molar refractivity (Wildman–Crippen MR) is 108 cm³/mol. The van der Waals surface area contributed by atoms with E-state index in [1.165, 1.54) is 77.0 Å². The van der Waals surface area contributed by atoms with Crippen molar-refractivity contribution in [1.82, 2.24) is 0 Å². The van der Waals surface area contributed by atoms with Gasteiger partial charge in [0.1, 0.15) is 0 Å². The van der Waals surface area contributed by atoms with Gasteiger partial charge in [-0.05, 0) is 75.0 Å². The van der Waals surface area contributed by atoms with Gasteiger partial charge in [-0.3, -0.25) is 0 Å². The molecule has 0 spiro atoms. The Kier molecular flexibility index (Phi) is 7.90. The Hall–Kier alpha value is -0.300. The lowest BCUT2D eigenvalue weighted by atomic mass is 9.68. The van der Waals surface area contributed by atoms with Gasteiger partial charge in [-0.1, -0.05) is 51.5 Å². The van der Waals surface area contributed by atoms with Gasteiger partial charge in [-0.2, -0.15) is 0 Å². The zero-order valence-corrected chi connectivity index (χ0v) is 16.8. The van der Waals surface area contributed by atoms with Crippen LogP contribution in [-0.2, 0) is 4.74 Å². The van der Waals surface area contributed by atoms with Gasteiger partial charge in [0.15, 0.2) is 0 Å². The molecule has 2 aliphatic carbocycles. The maximum absolute atomic E-state index is 6.05. The van der Waals surface area contributed by atoms with Crippen LogP contribution in [0.4, 0.5) is 0 Å². The summed E-state index contributed by atoms with van der Waals surface area (Å²) in [5, 5.41) is 0. The molecule has 1 nitrogen and oxygen atoms in total. The highest BCUT2D eigenvalue weighted by atomic mass is 16.5. The molecule has 1 heterocycles. The molecule has 3 fully saturated rings. The molecule has 1 heteroatoms. The third-order valence-electron chi connectivity index (χ3n) is 7.78. The summed E-state index contributed by atoms with van der Waals surface area (Å²) in [6.45, 7) is 7.18. The van der Waals surface area contributed by atoms with Crippen LogP contribution in [0, 0.1) is 29.6 Å². The summed E-state index contributed by atoms with van der Waals surface area (Å²) in [6, 6.07) is 0. The van der Waals surface area contributed by atoms with Crippen LogP contribution in [-0.4, -0.2) is 12.7 Å². The highest BCUT2D eigenvalue weighted by molar-refractivity contribution is 4.85. The Balaban J connectivity index is 1.29. The van der Waals surface area contributed by atoms with Crippen molar-refractivity contribution in [2.24, 2.45) is 29.6 Å². The van der Waals surface area contributed by atoms with Crippen LogP contribution in [0.5, 0.6) is 0 Å². The normalized spacial score (nSPS) is 39.9. The highest BCUT2D eigenvalue weighted by Gasteiger charge is 2.31. The van der Waals surface area contributed by atoms with Crippen LogP contribution in [0.2, 0.25) is 0 Å². The second-order valence-electron chi connectivity index (χ2n) is 9.46. The van der Waals surface area contributed by atoms with Crippen molar-refractivity contribution in [2.75, 3.05) is 6.61 Å². The standard InChI is InChI=1S/C24H42O/c1-3-5-20-6-12-22(13-7-20)23-14-8-21(9-15-23)11-17-24-16-10-19(4-2)18-25-24/h4,19-24H,2-3,5-18H2,1H3. The SMILES string of the molecule is C=CC1CCC(CCC2CCC(C3CCC(CCC)CC3)CC2)OC1. The lowest BCUT2D eigenvalue weighted by molar-refractivity contribution is -0.0126. The third kappa shape index (κ3) is 5.84. The first-order chi connectivity index (χ1) is 12.3. The van der Waals surface area contributed by atoms with E-state index in [0.29, 0.717) is 12.0 Å². The van der Waals surface area contributed by atoms with E-state index in [1.807, 2.05) is 0 Å². The van der Waals surface area contributed by atoms with Crippen molar-refractivity contribution in [3.05, 3.63) is 12.7 Å². The largest absolute Gasteiger partial charge is 0.378 e. The van der Waals surface area contributed by atoms with Crippen molar-refractivity contribution in [1.29, 1.82) is 0 Å². The summed E-state index contributed by atoms with van der Waals surface area (Å²) < 4.78 is 6.05. The average molecular weight is 347 g/mol. The molecule has 2 unspecified atom stereocenters. The van der Waals surface area contributed by atoms with Gasteiger partial charge >= 0.3 is 0 Å². The third-order valence-corrected chi connectivity index (χ3v) is 7.78. The number of hydrogen-bond donors (Lipinski definition) is 0. The minimum Gasteiger partial charge on any atom is -0.378 e. The molecule has 3 rings (SSSR count). The molecule has 25 heavy (non-hydrogen) atoms. The van der Waals surface area contributed by atoms with Gasteiger partial charge in [0.2, 0.25) is 0 Å². The maximum atomic E-state index is 6.05. The monoisotopic (exact) mass is 346 g/mol. The fourth-order valence-electron chi connectivity index (χ4n) is 5.97. The van der Waals surface area contributed by atoms with Crippen LogP contribution < -0.4 is 0 Å². The fraction of sp³-hybridized carbons (Fsp3) is 0.917. The molecule has 0 N–H and O–H groups in total. The molecule has 0 radical (unpaired) electrons. The number of ether oxygens (including phenoxy) is 1. The highest BCUT2D eigenvalue weighted by Crippen LogP contribution is 2.43. The van der Waals surface area contributed by atoms with Gasteiger partial charge in [0.25, 0.3) is 0 Å². The zero-order valence-electron chi connectivity index (χ0n) is 16.8. The summed E-state index contributed by atoms with van der Waals surface area (Å²) in [4.78, 5) is 0. The molecule has 0 aromatic rings. The van der Waals surface area contributed by atoms with Crippen LogP contribution >= 0.6 is 0 Å². The minimum absolute atomic E-state index is 0.544.